The van der Waals surface area contributed by atoms with E-state index in [1.54, 1.807) is 14.2 Å². The lowest BCUT2D eigenvalue weighted by molar-refractivity contribution is -0.116. The van der Waals surface area contributed by atoms with Gasteiger partial charge in [-0.3, -0.25) is 4.79 Å². The van der Waals surface area contributed by atoms with Crippen LogP contribution in [-0.4, -0.2) is 20.0 Å². The Hall–Kier alpha value is -3.44. The maximum absolute atomic E-state index is 13.6. The van der Waals surface area contributed by atoms with Gasteiger partial charge < -0.3 is 20.1 Å². The zero-order chi connectivity index (χ0) is 22.9. The summed E-state index contributed by atoms with van der Waals surface area (Å²) in [6.45, 7) is 0. The van der Waals surface area contributed by atoms with E-state index in [1.807, 2.05) is 66.7 Å². The molecule has 0 saturated heterocycles. The van der Waals surface area contributed by atoms with Crippen molar-refractivity contribution in [3.8, 4) is 11.5 Å². The number of rotatable bonds is 4. The Labute approximate surface area is 198 Å². The van der Waals surface area contributed by atoms with Gasteiger partial charge in [0.1, 0.15) is 11.5 Å². The topological polar surface area (TPSA) is 59.6 Å². The standard InChI is InChI=1S/C27H25ClN2O3/c1-32-19-10-7-16(8-11-19)18-14-23-26(24(31)15-18)27(17-9-12-25(33-2)20(28)13-17)30-22-6-4-3-5-21(22)29-23/h3-13,18,27,29-30H,14-15H2,1-2H3. The van der Waals surface area contributed by atoms with Crippen LogP contribution in [0.3, 0.4) is 0 Å². The monoisotopic (exact) mass is 460 g/mol. The molecular formula is C27H25ClN2O3. The third-order valence-corrected chi connectivity index (χ3v) is 6.70. The minimum atomic E-state index is -0.316. The van der Waals surface area contributed by atoms with Crippen molar-refractivity contribution in [3.63, 3.8) is 0 Å². The van der Waals surface area contributed by atoms with Crippen LogP contribution < -0.4 is 20.1 Å². The lowest BCUT2D eigenvalue weighted by Gasteiger charge is -2.30. The van der Waals surface area contributed by atoms with E-state index in [4.69, 9.17) is 21.1 Å². The Kier molecular flexibility index (Phi) is 5.73. The molecule has 168 valence electrons. The summed E-state index contributed by atoms with van der Waals surface area (Å²) in [6.07, 6.45) is 1.19. The van der Waals surface area contributed by atoms with Crippen LogP contribution in [0.25, 0.3) is 0 Å². The zero-order valence-corrected chi connectivity index (χ0v) is 19.3. The van der Waals surface area contributed by atoms with Crippen molar-refractivity contribution < 1.29 is 14.3 Å². The smallest absolute Gasteiger partial charge is 0.163 e. The van der Waals surface area contributed by atoms with E-state index in [-0.39, 0.29) is 17.7 Å². The molecule has 2 aliphatic rings. The molecule has 2 atom stereocenters. The molecule has 0 radical (unpaired) electrons. The van der Waals surface area contributed by atoms with Gasteiger partial charge >= 0.3 is 0 Å². The number of anilines is 2. The van der Waals surface area contributed by atoms with Crippen molar-refractivity contribution in [2.75, 3.05) is 24.9 Å². The first kappa shape index (κ1) is 21.4. The Morgan fingerprint density at radius 3 is 2.30 bits per heavy atom. The summed E-state index contributed by atoms with van der Waals surface area (Å²) in [4.78, 5) is 13.6. The molecule has 5 nitrogen and oxygen atoms in total. The Balaban J connectivity index is 1.58. The van der Waals surface area contributed by atoms with Crippen molar-refractivity contribution in [2.45, 2.75) is 24.8 Å². The number of carbonyl (C=O) groups excluding carboxylic acids is 1. The lowest BCUT2D eigenvalue weighted by atomic mass is 9.78. The molecule has 0 amide bonds. The van der Waals surface area contributed by atoms with Crippen molar-refractivity contribution in [1.82, 2.24) is 0 Å². The summed E-state index contributed by atoms with van der Waals surface area (Å²) in [6, 6.07) is 21.4. The first-order valence-corrected chi connectivity index (χ1v) is 11.3. The quantitative estimate of drug-likeness (QED) is 0.476. The number of ketones is 1. The van der Waals surface area contributed by atoms with Crippen molar-refractivity contribution >= 4 is 28.8 Å². The van der Waals surface area contributed by atoms with Crippen molar-refractivity contribution in [3.05, 3.63) is 94.1 Å². The van der Waals surface area contributed by atoms with Gasteiger partial charge in [-0.1, -0.05) is 41.9 Å². The molecular weight excluding hydrogens is 436 g/mol. The molecule has 1 heterocycles. The predicted molar refractivity (Wildman–Crippen MR) is 131 cm³/mol. The molecule has 6 heteroatoms. The van der Waals surface area contributed by atoms with Gasteiger partial charge in [0.05, 0.1) is 36.7 Å². The third kappa shape index (κ3) is 4.05. The normalized spacial score (nSPS) is 19.5. The fourth-order valence-corrected chi connectivity index (χ4v) is 4.98. The van der Waals surface area contributed by atoms with E-state index in [0.717, 1.165) is 45.9 Å². The number of hydrogen-bond acceptors (Lipinski definition) is 5. The molecule has 5 rings (SSSR count). The van der Waals surface area contributed by atoms with Crippen LogP contribution in [0.15, 0.2) is 78.0 Å². The fourth-order valence-electron chi connectivity index (χ4n) is 4.72. The minimum absolute atomic E-state index is 0.0972. The summed E-state index contributed by atoms with van der Waals surface area (Å²) in [5.74, 6) is 1.64. The second kappa shape index (κ2) is 8.83. The molecule has 3 aromatic carbocycles. The SMILES string of the molecule is COc1ccc(C2CC(=O)C3=C(C2)Nc2ccccc2NC3c2ccc(OC)c(Cl)c2)cc1. The average molecular weight is 461 g/mol. The number of para-hydroxylation sites is 2. The van der Waals surface area contributed by atoms with Crippen LogP contribution in [0.4, 0.5) is 11.4 Å². The van der Waals surface area contributed by atoms with E-state index in [9.17, 15) is 4.79 Å². The van der Waals surface area contributed by atoms with Crippen molar-refractivity contribution in [2.24, 2.45) is 0 Å². The number of hydrogen-bond donors (Lipinski definition) is 2. The van der Waals surface area contributed by atoms with Crippen LogP contribution in [0.5, 0.6) is 11.5 Å². The fraction of sp³-hybridized carbons (Fsp3) is 0.222. The molecule has 2 unspecified atom stereocenters. The van der Waals surface area contributed by atoms with Crippen LogP contribution in [0.1, 0.15) is 35.9 Å². The number of allylic oxidation sites excluding steroid dienone is 1. The molecule has 0 bridgehead atoms. The highest BCUT2D eigenvalue weighted by Gasteiger charge is 2.36. The van der Waals surface area contributed by atoms with E-state index < -0.39 is 0 Å². The molecule has 0 aromatic heterocycles. The second-order valence-corrected chi connectivity index (χ2v) is 8.74. The number of nitrogens with one attached hydrogen (secondary N) is 2. The lowest BCUT2D eigenvalue weighted by Crippen LogP contribution is -2.26. The Morgan fingerprint density at radius 1 is 0.879 bits per heavy atom. The summed E-state index contributed by atoms with van der Waals surface area (Å²) in [5, 5.41) is 7.66. The minimum Gasteiger partial charge on any atom is -0.497 e. The first-order chi connectivity index (χ1) is 16.1. The van der Waals surface area contributed by atoms with Crippen LogP contribution in [0, 0.1) is 0 Å². The van der Waals surface area contributed by atoms with Gasteiger partial charge in [0, 0.05) is 17.7 Å². The van der Waals surface area contributed by atoms with Gasteiger partial charge in [-0.25, -0.2) is 0 Å². The summed E-state index contributed by atoms with van der Waals surface area (Å²) in [5.41, 5.74) is 5.65. The Morgan fingerprint density at radius 2 is 1.61 bits per heavy atom. The predicted octanol–water partition coefficient (Wildman–Crippen LogP) is 6.34. The molecule has 1 aliphatic heterocycles. The van der Waals surface area contributed by atoms with Crippen LogP contribution in [-0.2, 0) is 4.79 Å². The number of benzene rings is 3. The third-order valence-electron chi connectivity index (χ3n) is 6.41. The molecule has 33 heavy (non-hydrogen) atoms. The van der Waals surface area contributed by atoms with E-state index in [2.05, 4.69) is 10.6 Å². The maximum Gasteiger partial charge on any atom is 0.163 e. The number of carbonyl (C=O) groups is 1. The highest BCUT2D eigenvalue weighted by Crippen LogP contribution is 2.45. The van der Waals surface area contributed by atoms with Crippen molar-refractivity contribution in [1.29, 1.82) is 0 Å². The molecule has 2 N–H and O–H groups in total. The molecule has 3 aromatic rings. The van der Waals surface area contributed by atoms with Gasteiger partial charge in [-0.15, -0.1) is 0 Å². The van der Waals surface area contributed by atoms with Gasteiger partial charge in [0.25, 0.3) is 0 Å². The number of methoxy groups -OCH3 is 2. The number of fused-ring (bicyclic) bond motifs is 1. The van der Waals surface area contributed by atoms with Gasteiger partial charge in [0.2, 0.25) is 0 Å². The highest BCUT2D eigenvalue weighted by molar-refractivity contribution is 6.32. The molecule has 0 fully saturated rings. The first-order valence-electron chi connectivity index (χ1n) is 10.9. The van der Waals surface area contributed by atoms with Crippen LogP contribution in [0.2, 0.25) is 5.02 Å². The molecule has 0 spiro atoms. The summed E-state index contributed by atoms with van der Waals surface area (Å²) >= 11 is 6.45. The number of halogens is 1. The van der Waals surface area contributed by atoms with E-state index >= 15 is 0 Å². The number of Topliss-reactive ketones (excluding diaryl/α,β-unsaturated/α-hetero) is 1. The highest BCUT2D eigenvalue weighted by atomic mass is 35.5. The maximum atomic E-state index is 13.6. The van der Waals surface area contributed by atoms with E-state index in [0.29, 0.717) is 17.2 Å². The van der Waals surface area contributed by atoms with Gasteiger partial charge in [0.15, 0.2) is 5.78 Å². The van der Waals surface area contributed by atoms with Gasteiger partial charge in [-0.2, -0.15) is 0 Å². The largest absolute Gasteiger partial charge is 0.497 e. The summed E-state index contributed by atoms with van der Waals surface area (Å²) in [7, 11) is 3.25. The average Bonchev–Trinajstić information content (AvgIpc) is 3.01. The zero-order valence-electron chi connectivity index (χ0n) is 18.5. The molecule has 0 saturated carbocycles. The summed E-state index contributed by atoms with van der Waals surface area (Å²) < 4.78 is 10.6. The van der Waals surface area contributed by atoms with Crippen LogP contribution >= 0.6 is 11.6 Å². The molecule has 1 aliphatic carbocycles. The van der Waals surface area contributed by atoms with Gasteiger partial charge in [-0.05, 0) is 59.9 Å². The Bertz CT molecular complexity index is 1240. The second-order valence-electron chi connectivity index (χ2n) is 8.34. The van der Waals surface area contributed by atoms with E-state index in [1.165, 1.54) is 0 Å². The number of ether oxygens (including phenoxy) is 2.